The molecule has 0 aliphatic rings. The van der Waals surface area contributed by atoms with Crippen LogP contribution >= 0.6 is 0 Å². The number of H-pyrrole nitrogens is 1. The van der Waals surface area contributed by atoms with Crippen molar-refractivity contribution in [1.29, 1.82) is 0 Å². The fourth-order valence-electron chi connectivity index (χ4n) is 3.42. The van der Waals surface area contributed by atoms with Crippen molar-refractivity contribution in [3.8, 4) is 0 Å². The van der Waals surface area contributed by atoms with E-state index in [1.54, 1.807) is 0 Å². The van der Waals surface area contributed by atoms with E-state index in [1.165, 1.54) is 0 Å². The van der Waals surface area contributed by atoms with Crippen molar-refractivity contribution < 1.29 is 4.79 Å². The number of carbonyl (C=O) groups is 1. The number of carbonyl (C=O) groups excluding carboxylic acids is 1. The number of hydrogen-bond acceptors (Lipinski definition) is 2. The minimum atomic E-state index is -0.0444. The highest BCUT2D eigenvalue weighted by molar-refractivity contribution is 6.08. The van der Waals surface area contributed by atoms with Crippen molar-refractivity contribution >= 4 is 27.8 Å². The lowest BCUT2D eigenvalue weighted by Gasteiger charge is -2.09. The molecule has 2 heterocycles. The van der Waals surface area contributed by atoms with Gasteiger partial charge in [-0.3, -0.25) is 4.79 Å². The first kappa shape index (κ1) is 15.4. The smallest absolute Gasteiger partial charge is 0.253 e. The summed E-state index contributed by atoms with van der Waals surface area (Å²) in [5, 5.41) is 4.00. The number of aromatic amines is 1. The van der Waals surface area contributed by atoms with Crippen molar-refractivity contribution in [3.63, 3.8) is 0 Å². The van der Waals surface area contributed by atoms with Gasteiger partial charge in [0.15, 0.2) is 0 Å². The van der Waals surface area contributed by atoms with Crippen LogP contribution in [-0.4, -0.2) is 27.0 Å². The molecule has 2 N–H and O–H groups in total. The van der Waals surface area contributed by atoms with Gasteiger partial charge in [0.05, 0.1) is 16.6 Å². The molecule has 4 aromatic rings. The lowest BCUT2D eigenvalue weighted by Crippen LogP contribution is -2.27. The summed E-state index contributed by atoms with van der Waals surface area (Å²) in [6, 6.07) is 15.9. The van der Waals surface area contributed by atoms with E-state index in [9.17, 15) is 4.79 Å². The number of aryl methyl sites for hydroxylation is 2. The molecule has 0 saturated carbocycles. The summed E-state index contributed by atoms with van der Waals surface area (Å²) in [4.78, 5) is 20.5. The second-order valence-corrected chi connectivity index (χ2v) is 6.23. The number of nitrogens with zero attached hydrogens (tertiary/aromatic N) is 2. The largest absolute Gasteiger partial charge is 0.358 e. The summed E-state index contributed by atoms with van der Waals surface area (Å²) in [7, 11) is 0. The Balaban J connectivity index is 1.52. The first-order valence-electron chi connectivity index (χ1n) is 8.42. The van der Waals surface area contributed by atoms with Gasteiger partial charge in [-0.15, -0.1) is 0 Å². The van der Waals surface area contributed by atoms with Crippen LogP contribution in [0.15, 0.2) is 48.5 Å². The molecule has 0 spiro atoms. The van der Waals surface area contributed by atoms with Gasteiger partial charge in [-0.2, -0.15) is 0 Å². The van der Waals surface area contributed by atoms with Crippen molar-refractivity contribution in [1.82, 2.24) is 19.9 Å². The lowest BCUT2D eigenvalue weighted by atomic mass is 10.1. The Bertz CT molecular complexity index is 1070. The number of hydrogen-bond donors (Lipinski definition) is 2. The predicted octanol–water partition coefficient (Wildman–Crippen LogP) is 3.56. The van der Waals surface area contributed by atoms with Gasteiger partial charge in [-0.05, 0) is 32.0 Å². The molecule has 0 fully saturated rings. The molecule has 4 rings (SSSR count). The third kappa shape index (κ3) is 2.67. The highest BCUT2D eigenvalue weighted by atomic mass is 16.1. The monoisotopic (exact) mass is 332 g/mol. The number of para-hydroxylation sites is 3. The molecule has 0 bridgehead atoms. The van der Waals surface area contributed by atoms with Crippen LogP contribution in [0.4, 0.5) is 0 Å². The second kappa shape index (κ2) is 6.09. The molecule has 0 aliphatic heterocycles. The Hall–Kier alpha value is -3.08. The molecular formula is C20H20N4O. The molecule has 25 heavy (non-hydrogen) atoms. The van der Waals surface area contributed by atoms with Gasteiger partial charge in [0, 0.05) is 29.7 Å². The van der Waals surface area contributed by atoms with Crippen LogP contribution in [0.1, 0.15) is 21.9 Å². The maximum absolute atomic E-state index is 12.7. The maximum Gasteiger partial charge on any atom is 0.253 e. The Labute approximate surface area is 145 Å². The van der Waals surface area contributed by atoms with Gasteiger partial charge in [-0.25, -0.2) is 4.98 Å². The van der Waals surface area contributed by atoms with Gasteiger partial charge in [0.2, 0.25) is 0 Å². The standard InChI is InChI=1S/C20H20N4O/c1-13-19(15-7-3-4-8-16(15)22-13)20(25)21-11-12-24-14(2)23-17-9-5-6-10-18(17)24/h3-10,22H,11-12H2,1-2H3,(H,21,25). The quantitative estimate of drug-likeness (QED) is 0.600. The average Bonchev–Trinajstić information content (AvgIpc) is 3.11. The summed E-state index contributed by atoms with van der Waals surface area (Å²) in [5.41, 5.74) is 4.68. The van der Waals surface area contributed by atoms with Gasteiger partial charge >= 0.3 is 0 Å². The van der Waals surface area contributed by atoms with Crippen molar-refractivity contribution in [3.05, 3.63) is 65.6 Å². The summed E-state index contributed by atoms with van der Waals surface area (Å²) < 4.78 is 2.14. The Morgan fingerprint density at radius 1 is 1.12 bits per heavy atom. The zero-order valence-electron chi connectivity index (χ0n) is 14.3. The molecule has 0 aliphatic carbocycles. The highest BCUT2D eigenvalue weighted by Crippen LogP contribution is 2.21. The molecule has 5 nitrogen and oxygen atoms in total. The molecule has 0 saturated heterocycles. The number of aromatic nitrogens is 3. The number of imidazole rings is 1. The predicted molar refractivity (Wildman–Crippen MR) is 99.8 cm³/mol. The van der Waals surface area contributed by atoms with E-state index in [4.69, 9.17) is 0 Å². The molecule has 1 amide bonds. The molecule has 126 valence electrons. The maximum atomic E-state index is 12.7. The summed E-state index contributed by atoms with van der Waals surface area (Å²) >= 11 is 0. The summed E-state index contributed by atoms with van der Waals surface area (Å²) in [5.74, 6) is 0.913. The van der Waals surface area contributed by atoms with Crippen molar-refractivity contribution in [2.45, 2.75) is 20.4 Å². The fourth-order valence-corrected chi connectivity index (χ4v) is 3.42. The average molecular weight is 332 g/mol. The molecule has 0 atom stereocenters. The van der Waals surface area contributed by atoms with E-state index in [0.29, 0.717) is 13.1 Å². The van der Waals surface area contributed by atoms with Crippen molar-refractivity contribution in [2.24, 2.45) is 0 Å². The van der Waals surface area contributed by atoms with Gasteiger partial charge in [0.1, 0.15) is 5.82 Å². The zero-order chi connectivity index (χ0) is 17.4. The Morgan fingerprint density at radius 3 is 2.76 bits per heavy atom. The first-order valence-corrected chi connectivity index (χ1v) is 8.42. The number of amides is 1. The number of nitrogens with one attached hydrogen (secondary N) is 2. The van der Waals surface area contributed by atoms with E-state index in [0.717, 1.165) is 39.0 Å². The number of rotatable bonds is 4. The van der Waals surface area contributed by atoms with Crippen LogP contribution in [0.5, 0.6) is 0 Å². The van der Waals surface area contributed by atoms with Gasteiger partial charge in [0.25, 0.3) is 5.91 Å². The van der Waals surface area contributed by atoms with Crippen LogP contribution in [0.25, 0.3) is 21.9 Å². The Morgan fingerprint density at radius 2 is 1.88 bits per heavy atom. The number of fused-ring (bicyclic) bond motifs is 2. The number of benzene rings is 2. The highest BCUT2D eigenvalue weighted by Gasteiger charge is 2.15. The first-order chi connectivity index (χ1) is 12.1. The van der Waals surface area contributed by atoms with E-state index < -0.39 is 0 Å². The minimum absolute atomic E-state index is 0.0444. The van der Waals surface area contributed by atoms with Gasteiger partial charge < -0.3 is 14.9 Å². The summed E-state index contributed by atoms with van der Waals surface area (Å²) in [6.07, 6.45) is 0. The van der Waals surface area contributed by atoms with E-state index >= 15 is 0 Å². The molecule has 0 radical (unpaired) electrons. The van der Waals surface area contributed by atoms with E-state index in [-0.39, 0.29) is 5.91 Å². The van der Waals surface area contributed by atoms with E-state index in [2.05, 4.69) is 25.9 Å². The van der Waals surface area contributed by atoms with Crippen LogP contribution in [0.3, 0.4) is 0 Å². The molecule has 5 heteroatoms. The zero-order valence-corrected chi connectivity index (χ0v) is 14.3. The van der Waals surface area contributed by atoms with Crippen LogP contribution in [-0.2, 0) is 6.54 Å². The Kier molecular flexibility index (Phi) is 3.76. The normalized spacial score (nSPS) is 11.3. The van der Waals surface area contributed by atoms with E-state index in [1.807, 2.05) is 56.3 Å². The topological polar surface area (TPSA) is 62.7 Å². The van der Waals surface area contributed by atoms with Crippen LogP contribution in [0.2, 0.25) is 0 Å². The molecular weight excluding hydrogens is 312 g/mol. The SMILES string of the molecule is Cc1[nH]c2ccccc2c1C(=O)NCCn1c(C)nc2ccccc21. The van der Waals surface area contributed by atoms with Crippen LogP contribution < -0.4 is 5.32 Å². The lowest BCUT2D eigenvalue weighted by molar-refractivity contribution is 0.0953. The fraction of sp³-hybridized carbons (Fsp3) is 0.200. The summed E-state index contributed by atoms with van der Waals surface area (Å²) in [6.45, 7) is 5.17. The second-order valence-electron chi connectivity index (χ2n) is 6.23. The third-order valence-corrected chi connectivity index (χ3v) is 4.59. The third-order valence-electron chi connectivity index (χ3n) is 4.59. The molecule has 2 aromatic carbocycles. The minimum Gasteiger partial charge on any atom is -0.358 e. The molecule has 2 aromatic heterocycles. The van der Waals surface area contributed by atoms with Gasteiger partial charge in [-0.1, -0.05) is 30.3 Å². The van der Waals surface area contributed by atoms with Crippen LogP contribution in [0, 0.1) is 13.8 Å². The van der Waals surface area contributed by atoms with Crippen molar-refractivity contribution in [2.75, 3.05) is 6.54 Å². The molecule has 0 unspecified atom stereocenters.